The van der Waals surface area contributed by atoms with Gasteiger partial charge >= 0.3 is 5.97 Å². The Bertz CT molecular complexity index is 1860. The van der Waals surface area contributed by atoms with Gasteiger partial charge in [0.15, 0.2) is 17.4 Å². The van der Waals surface area contributed by atoms with Crippen LogP contribution in [0.1, 0.15) is 115 Å². The summed E-state index contributed by atoms with van der Waals surface area (Å²) in [5.41, 5.74) is 1.12. The maximum atomic E-state index is 14.0. The molecule has 2 unspecified atom stereocenters. The molecular formula is C43H57N5O5. The number of methoxy groups -OCH3 is 2. The Morgan fingerprint density at radius 1 is 0.962 bits per heavy atom. The van der Waals surface area contributed by atoms with Gasteiger partial charge in [-0.3, -0.25) is 0 Å². The zero-order valence-corrected chi connectivity index (χ0v) is 32.5. The van der Waals surface area contributed by atoms with Crippen LogP contribution in [-0.4, -0.2) is 52.3 Å². The van der Waals surface area contributed by atoms with Gasteiger partial charge in [-0.15, -0.1) is 5.10 Å². The lowest BCUT2D eigenvalue weighted by atomic mass is 9.75. The molecule has 0 N–H and O–H groups in total. The highest BCUT2D eigenvalue weighted by molar-refractivity contribution is 6.03. The third-order valence-corrected chi connectivity index (χ3v) is 10.5. The van der Waals surface area contributed by atoms with E-state index in [2.05, 4.69) is 37.4 Å². The number of allylic oxidation sites excluding steroid dienone is 3. The van der Waals surface area contributed by atoms with Gasteiger partial charge in [-0.2, -0.15) is 0 Å². The normalized spacial score (nSPS) is 21.1. The van der Waals surface area contributed by atoms with Crippen LogP contribution in [0.2, 0.25) is 0 Å². The van der Waals surface area contributed by atoms with Crippen molar-refractivity contribution in [2.45, 2.75) is 111 Å². The Kier molecular flexibility index (Phi) is 14.4. The van der Waals surface area contributed by atoms with Crippen LogP contribution in [0, 0.1) is 24.3 Å². The van der Waals surface area contributed by atoms with Crippen LogP contribution in [0.5, 0.6) is 11.5 Å². The molecule has 1 aliphatic carbocycles. The maximum absolute atomic E-state index is 14.0. The van der Waals surface area contributed by atoms with Crippen molar-refractivity contribution in [1.82, 2.24) is 19.5 Å². The first-order valence-corrected chi connectivity index (χ1v) is 19.5. The minimum Gasteiger partial charge on any atom is -0.497 e. The van der Waals surface area contributed by atoms with Gasteiger partial charge in [-0.25, -0.2) is 19.1 Å². The Morgan fingerprint density at radius 3 is 2.30 bits per heavy atom. The lowest BCUT2D eigenvalue weighted by Gasteiger charge is -2.37. The van der Waals surface area contributed by atoms with E-state index in [9.17, 15) is 4.79 Å². The van der Waals surface area contributed by atoms with Crippen molar-refractivity contribution < 1.29 is 23.7 Å². The average Bonchev–Trinajstić information content (AvgIpc) is 3.86. The van der Waals surface area contributed by atoms with E-state index in [1.165, 1.54) is 57.8 Å². The number of hydrogen-bond acceptors (Lipinski definition) is 8. The molecule has 284 valence electrons. The first-order valence-electron chi connectivity index (χ1n) is 19.5. The minimum atomic E-state index is -0.561. The molecule has 5 rings (SSSR count). The fourth-order valence-corrected chi connectivity index (χ4v) is 7.83. The molecular weight excluding hydrogens is 667 g/mol. The van der Waals surface area contributed by atoms with Gasteiger partial charge in [0.05, 0.1) is 31.7 Å². The predicted molar refractivity (Wildman–Crippen MR) is 209 cm³/mol. The molecule has 10 nitrogen and oxygen atoms in total. The van der Waals surface area contributed by atoms with Gasteiger partial charge in [0, 0.05) is 12.7 Å². The van der Waals surface area contributed by atoms with E-state index in [-0.39, 0.29) is 34.8 Å². The van der Waals surface area contributed by atoms with Crippen molar-refractivity contribution in [3.63, 3.8) is 0 Å². The van der Waals surface area contributed by atoms with Crippen molar-refractivity contribution in [2.75, 3.05) is 20.8 Å². The van der Waals surface area contributed by atoms with E-state index >= 15 is 0 Å². The summed E-state index contributed by atoms with van der Waals surface area (Å²) in [6, 6.07) is 5.38. The second kappa shape index (κ2) is 19.3. The summed E-state index contributed by atoms with van der Waals surface area (Å²) in [5, 5.41) is 5.24. The number of hydrogen-bond donors (Lipinski definition) is 0. The summed E-state index contributed by atoms with van der Waals surface area (Å²) in [6.45, 7) is 17.8. The van der Waals surface area contributed by atoms with Crippen molar-refractivity contribution in [3.05, 3.63) is 77.1 Å². The topological polar surface area (TPSA) is 91.8 Å². The number of benzene rings is 1. The molecule has 3 aromatic rings. The Morgan fingerprint density at radius 2 is 1.64 bits per heavy atom. The van der Waals surface area contributed by atoms with E-state index in [4.69, 9.17) is 35.6 Å². The van der Waals surface area contributed by atoms with Crippen molar-refractivity contribution in [3.8, 4) is 22.9 Å². The maximum Gasteiger partial charge on any atom is 0.331 e. The molecule has 0 saturated heterocycles. The first-order chi connectivity index (χ1) is 25.8. The summed E-state index contributed by atoms with van der Waals surface area (Å²) < 4.78 is 24.6. The smallest absolute Gasteiger partial charge is 0.331 e. The summed E-state index contributed by atoms with van der Waals surface area (Å²) >= 11 is 0. The van der Waals surface area contributed by atoms with Gasteiger partial charge in [-0.1, -0.05) is 97.6 Å². The molecule has 2 aliphatic rings. The summed E-state index contributed by atoms with van der Waals surface area (Å²) in [7, 11) is 3.17. The highest BCUT2D eigenvalue weighted by Gasteiger charge is 2.36. The van der Waals surface area contributed by atoms with Crippen LogP contribution in [0.15, 0.2) is 54.8 Å². The number of nitrogens with zero attached hydrogens (tertiary/aromatic N) is 5. The molecule has 2 aromatic heterocycles. The van der Waals surface area contributed by atoms with Crippen LogP contribution in [0.4, 0.5) is 5.69 Å². The Balaban J connectivity index is 1.38. The number of unbranched alkanes of at least 4 members (excludes halogenated alkanes) is 9. The predicted octanol–water partition coefficient (Wildman–Crippen LogP) is 9.81. The minimum absolute atomic E-state index is 0.114. The van der Waals surface area contributed by atoms with Gasteiger partial charge < -0.3 is 23.8 Å². The van der Waals surface area contributed by atoms with Gasteiger partial charge in [-0.05, 0) is 67.4 Å². The summed E-state index contributed by atoms with van der Waals surface area (Å²) in [4.78, 5) is 24.8. The molecule has 0 amide bonds. The van der Waals surface area contributed by atoms with Crippen LogP contribution in [-0.2, 0) is 9.47 Å². The molecule has 10 heteroatoms. The molecule has 53 heavy (non-hydrogen) atoms. The monoisotopic (exact) mass is 723 g/mol. The highest BCUT2D eigenvalue weighted by atomic mass is 16.5. The Labute approximate surface area is 315 Å². The van der Waals surface area contributed by atoms with E-state index in [0.29, 0.717) is 34.2 Å². The van der Waals surface area contributed by atoms with E-state index < -0.39 is 5.97 Å². The number of ether oxygens (including phenoxy) is 4. The lowest BCUT2D eigenvalue weighted by Crippen LogP contribution is -2.37. The van der Waals surface area contributed by atoms with E-state index in [1.54, 1.807) is 49.3 Å². The number of rotatable bonds is 18. The molecule has 1 saturated carbocycles. The fourth-order valence-electron chi connectivity index (χ4n) is 7.83. The van der Waals surface area contributed by atoms with Crippen molar-refractivity contribution >= 4 is 23.4 Å². The van der Waals surface area contributed by atoms with Crippen molar-refractivity contribution in [2.24, 2.45) is 17.8 Å². The number of esters is 1. The number of carbonyl (C=O) groups excluding carboxylic acids is 1. The zero-order chi connectivity index (χ0) is 37.7. The average molecular weight is 724 g/mol. The molecule has 0 bridgehead atoms. The summed E-state index contributed by atoms with van der Waals surface area (Å²) in [6.07, 6.45) is 25.7. The van der Waals surface area contributed by atoms with Crippen LogP contribution < -0.4 is 14.8 Å². The molecule has 1 aliphatic heterocycles. The SMILES string of the molecule is [C-]#[N+]c1c(C(=O)OC2C(C)CC(C)CC2C)c2nc(-c3cc(OC)ccc3OC)nn2c1=CC=CC=C1OC=CN1CCCCCCCCCCCC. The lowest BCUT2D eigenvalue weighted by molar-refractivity contribution is -0.0249. The molecule has 0 radical (unpaired) electrons. The quantitative estimate of drug-likeness (QED) is 0.0728. The van der Waals surface area contributed by atoms with Gasteiger partial charge in [0.1, 0.15) is 29.4 Å². The molecule has 1 fully saturated rings. The largest absolute Gasteiger partial charge is 0.497 e. The Hall–Kier alpha value is -4.78. The van der Waals surface area contributed by atoms with Crippen LogP contribution in [0.3, 0.4) is 0 Å². The second-order valence-electron chi connectivity index (χ2n) is 14.7. The van der Waals surface area contributed by atoms with Crippen LogP contribution >= 0.6 is 0 Å². The highest BCUT2D eigenvalue weighted by Crippen LogP contribution is 2.37. The molecule has 3 heterocycles. The van der Waals surface area contributed by atoms with Crippen LogP contribution in [0.25, 0.3) is 28.0 Å². The van der Waals surface area contributed by atoms with E-state index in [1.807, 2.05) is 24.4 Å². The second-order valence-corrected chi connectivity index (χ2v) is 14.7. The summed E-state index contributed by atoms with van der Waals surface area (Å²) in [5.74, 6) is 2.65. The number of carbonyl (C=O) groups is 1. The van der Waals surface area contributed by atoms with Crippen molar-refractivity contribution in [1.29, 1.82) is 0 Å². The van der Waals surface area contributed by atoms with E-state index in [0.717, 1.165) is 31.7 Å². The first kappa shape index (κ1) is 39.4. The third kappa shape index (κ3) is 9.81. The fraction of sp³-hybridized carbons (Fsp3) is 0.535. The molecule has 2 atom stereocenters. The zero-order valence-electron chi connectivity index (χ0n) is 32.5. The molecule has 0 spiro atoms. The third-order valence-electron chi connectivity index (χ3n) is 10.5. The standard InChI is InChI=1S/C43H57N5O5/c1-8-9-10-11-12-13-14-15-16-19-24-47-25-26-52-37(47)21-18-17-20-35-39(44-5)38(43(49)53-40-31(3)27-30(2)28-32(40)4)42-45-41(46-48(35)42)34-29-33(50-6)22-23-36(34)51-7/h17-18,20-23,25-26,29-32,40H,8-16,19,24,27-28H2,1-4,6-7H3. The number of aromatic nitrogens is 3. The number of fused-ring (bicyclic) bond motifs is 1. The van der Waals surface area contributed by atoms with Gasteiger partial charge in [0.2, 0.25) is 5.69 Å². The van der Waals surface area contributed by atoms with Gasteiger partial charge in [0.25, 0.3) is 0 Å². The molecule has 1 aromatic carbocycles.